The van der Waals surface area contributed by atoms with E-state index in [1.165, 1.54) is 5.51 Å². The lowest BCUT2D eigenvalue weighted by molar-refractivity contribution is -0.117. The van der Waals surface area contributed by atoms with E-state index in [-0.39, 0.29) is 33.7 Å². The highest BCUT2D eigenvalue weighted by atomic mass is 32.2. The van der Waals surface area contributed by atoms with Crippen molar-refractivity contribution < 1.29 is 23.1 Å². The number of carboxylic acids is 1. The number of sulfonamides is 1. The lowest BCUT2D eigenvalue weighted by Crippen LogP contribution is -2.15. The molecule has 0 aliphatic rings. The van der Waals surface area contributed by atoms with Crippen LogP contribution in [0.1, 0.15) is 15.5 Å². The molecule has 2 aromatic rings. The number of Topliss-reactive ketones (excluding diaryl/α,β-unsaturated/α-hetero) is 1. The second-order valence-electron chi connectivity index (χ2n) is 3.93. The van der Waals surface area contributed by atoms with Crippen LogP contribution in [0.25, 0.3) is 0 Å². The molecule has 2 heterocycles. The number of carboxylic acid groups (broad SMARTS) is 1. The van der Waals surface area contributed by atoms with Gasteiger partial charge in [0.1, 0.15) is 10.0 Å². The van der Waals surface area contributed by atoms with Crippen LogP contribution < -0.4 is 10.5 Å². The number of hydrogen-bond acceptors (Lipinski definition) is 9. The molecule has 0 bridgehead atoms. The van der Waals surface area contributed by atoms with E-state index in [1.54, 1.807) is 0 Å². The molecular formula is C10H10N4O5S3. The number of carbonyl (C=O) groups excluding carboxylic acids is 1. The van der Waals surface area contributed by atoms with Crippen LogP contribution in [0.2, 0.25) is 0 Å². The van der Waals surface area contributed by atoms with Gasteiger partial charge in [-0.3, -0.25) is 9.52 Å². The topological polar surface area (TPSA) is 152 Å². The number of anilines is 1. The monoisotopic (exact) mass is 362 g/mol. The smallest absolute Gasteiger partial charge is 0.357 e. The third-order valence-electron chi connectivity index (χ3n) is 2.37. The Balaban J connectivity index is 2.22. The molecule has 0 aliphatic heterocycles. The summed E-state index contributed by atoms with van der Waals surface area (Å²) in [7, 11) is -3.99. The first-order valence-electron chi connectivity index (χ1n) is 5.69. The van der Waals surface area contributed by atoms with Crippen molar-refractivity contribution >= 4 is 49.5 Å². The Morgan fingerprint density at radius 1 is 1.36 bits per heavy atom. The van der Waals surface area contributed by atoms with Crippen molar-refractivity contribution in [1.29, 1.82) is 0 Å². The van der Waals surface area contributed by atoms with Gasteiger partial charge in [0, 0.05) is 0 Å². The van der Waals surface area contributed by atoms with Gasteiger partial charge in [0.05, 0.1) is 24.7 Å². The largest absolute Gasteiger partial charge is 0.476 e. The number of ketones is 1. The first-order chi connectivity index (χ1) is 10.3. The van der Waals surface area contributed by atoms with Crippen molar-refractivity contribution in [3.05, 3.63) is 22.4 Å². The maximum atomic E-state index is 12.2. The lowest BCUT2D eigenvalue weighted by Gasteiger charge is -2.03. The van der Waals surface area contributed by atoms with Gasteiger partial charge in [-0.2, -0.15) is 0 Å². The molecule has 0 atom stereocenters. The molecule has 9 nitrogen and oxygen atoms in total. The molecule has 12 heteroatoms. The number of aromatic carboxylic acids is 1. The molecule has 0 saturated heterocycles. The number of rotatable bonds is 7. The van der Waals surface area contributed by atoms with E-state index in [4.69, 9.17) is 10.8 Å². The van der Waals surface area contributed by atoms with Gasteiger partial charge in [-0.1, -0.05) is 0 Å². The third kappa shape index (κ3) is 3.65. The highest BCUT2D eigenvalue weighted by molar-refractivity contribution is 7.94. The summed E-state index contributed by atoms with van der Waals surface area (Å²) in [4.78, 5) is 29.6. The molecule has 0 radical (unpaired) electrons. The number of thiazole rings is 2. The summed E-state index contributed by atoms with van der Waals surface area (Å²) < 4.78 is 26.4. The van der Waals surface area contributed by atoms with Crippen molar-refractivity contribution in [2.24, 2.45) is 5.73 Å². The Bertz CT molecular complexity index is 810. The van der Waals surface area contributed by atoms with Crippen molar-refractivity contribution in [3.8, 4) is 0 Å². The fourth-order valence-electron chi connectivity index (χ4n) is 1.38. The van der Waals surface area contributed by atoms with E-state index in [2.05, 4.69) is 14.7 Å². The number of nitrogens with zero attached hydrogens (tertiary/aromatic N) is 2. The van der Waals surface area contributed by atoms with Crippen molar-refractivity contribution in [1.82, 2.24) is 9.97 Å². The van der Waals surface area contributed by atoms with E-state index >= 15 is 0 Å². The zero-order chi connectivity index (χ0) is 16.3. The van der Waals surface area contributed by atoms with E-state index in [0.717, 1.165) is 28.9 Å². The van der Waals surface area contributed by atoms with Gasteiger partial charge < -0.3 is 10.8 Å². The Morgan fingerprint density at radius 3 is 2.73 bits per heavy atom. The summed E-state index contributed by atoms with van der Waals surface area (Å²) in [5.41, 5.74) is 6.03. The summed E-state index contributed by atoms with van der Waals surface area (Å²) in [5, 5.41) is 9.12. The number of carbonyl (C=O) groups is 2. The van der Waals surface area contributed by atoms with Crippen LogP contribution in [0.5, 0.6) is 0 Å². The summed E-state index contributed by atoms with van der Waals surface area (Å²) in [6, 6.07) is 0. The molecule has 2 rings (SSSR count). The van der Waals surface area contributed by atoms with E-state index in [9.17, 15) is 18.0 Å². The zero-order valence-electron chi connectivity index (χ0n) is 10.8. The van der Waals surface area contributed by atoms with Gasteiger partial charge in [0.15, 0.2) is 15.7 Å². The number of nitrogens with two attached hydrogens (primary N) is 1. The van der Waals surface area contributed by atoms with Crippen LogP contribution in [0.3, 0.4) is 0 Å². The molecule has 0 amide bonds. The molecule has 4 N–H and O–H groups in total. The minimum atomic E-state index is -3.99. The standard InChI is InChI=1S/C10H10N4O5S3/c11-2-5(15)1-6-12-3-7(21-6)22(18,19)14-9-8(10(16)17)13-4-20-9/h3-4,14H,1-2,11H2,(H,16,17). The first-order valence-corrected chi connectivity index (χ1v) is 8.87. The summed E-state index contributed by atoms with van der Waals surface area (Å²) >= 11 is 1.67. The van der Waals surface area contributed by atoms with Gasteiger partial charge in [-0.05, 0) is 0 Å². The van der Waals surface area contributed by atoms with Crippen molar-refractivity contribution in [2.45, 2.75) is 10.6 Å². The Labute approximate surface area is 132 Å². The molecule has 118 valence electrons. The number of nitrogens with one attached hydrogen (secondary N) is 1. The fourth-order valence-corrected chi connectivity index (χ4v) is 4.58. The van der Waals surface area contributed by atoms with E-state index in [1.807, 2.05) is 0 Å². The number of hydrogen-bond donors (Lipinski definition) is 3. The normalized spacial score (nSPS) is 11.3. The van der Waals surface area contributed by atoms with Gasteiger partial charge in [-0.25, -0.2) is 23.2 Å². The van der Waals surface area contributed by atoms with E-state index in [0.29, 0.717) is 5.01 Å². The average molecular weight is 362 g/mol. The summed E-state index contributed by atoms with van der Waals surface area (Å²) in [6.45, 7) is -0.150. The van der Waals surface area contributed by atoms with Crippen LogP contribution in [0.15, 0.2) is 15.9 Å². The first kappa shape index (κ1) is 16.5. The third-order valence-corrected chi connectivity index (χ3v) is 6.05. The molecule has 2 aromatic heterocycles. The molecular weight excluding hydrogens is 352 g/mol. The highest BCUT2D eigenvalue weighted by Crippen LogP contribution is 2.26. The average Bonchev–Trinajstić information content (AvgIpc) is 3.07. The molecule has 0 saturated carbocycles. The lowest BCUT2D eigenvalue weighted by atomic mass is 10.3. The molecule has 0 fully saturated rings. The Morgan fingerprint density at radius 2 is 2.09 bits per heavy atom. The Hall–Kier alpha value is -1.89. The highest BCUT2D eigenvalue weighted by Gasteiger charge is 2.23. The van der Waals surface area contributed by atoms with Gasteiger partial charge >= 0.3 is 5.97 Å². The molecule has 0 unspecified atom stereocenters. The van der Waals surface area contributed by atoms with Crippen LogP contribution in [0, 0.1) is 0 Å². The SMILES string of the molecule is NCC(=O)Cc1ncc(S(=O)(=O)Nc2scnc2C(=O)O)s1. The minimum absolute atomic E-state index is 0.0440. The fraction of sp³-hybridized carbons (Fsp3) is 0.200. The van der Waals surface area contributed by atoms with Gasteiger partial charge in [0.2, 0.25) is 0 Å². The molecule has 0 aliphatic carbocycles. The Kier molecular flexibility index (Phi) is 4.85. The van der Waals surface area contributed by atoms with Crippen LogP contribution >= 0.6 is 22.7 Å². The number of aromatic nitrogens is 2. The quantitative estimate of drug-likeness (QED) is 0.630. The molecule has 0 aromatic carbocycles. The van der Waals surface area contributed by atoms with Crippen LogP contribution in [0.4, 0.5) is 5.00 Å². The maximum absolute atomic E-state index is 12.2. The predicted octanol–water partition coefficient (Wildman–Crippen LogP) is 0.169. The zero-order valence-corrected chi connectivity index (χ0v) is 13.3. The van der Waals surface area contributed by atoms with Crippen molar-refractivity contribution in [2.75, 3.05) is 11.3 Å². The molecule has 0 spiro atoms. The predicted molar refractivity (Wildman–Crippen MR) is 79.8 cm³/mol. The van der Waals surface area contributed by atoms with Crippen LogP contribution in [-0.2, 0) is 21.2 Å². The van der Waals surface area contributed by atoms with E-state index < -0.39 is 16.0 Å². The summed E-state index contributed by atoms with van der Waals surface area (Å²) in [6.07, 6.45) is 1.06. The maximum Gasteiger partial charge on any atom is 0.357 e. The minimum Gasteiger partial charge on any atom is -0.476 e. The van der Waals surface area contributed by atoms with Crippen molar-refractivity contribution in [3.63, 3.8) is 0 Å². The van der Waals surface area contributed by atoms with Gasteiger partial charge in [-0.15, -0.1) is 22.7 Å². The molecule has 22 heavy (non-hydrogen) atoms. The van der Waals surface area contributed by atoms with Gasteiger partial charge in [0.25, 0.3) is 10.0 Å². The summed E-state index contributed by atoms with van der Waals surface area (Å²) in [5.74, 6) is -1.60. The van der Waals surface area contributed by atoms with Crippen LogP contribution in [-0.4, -0.2) is 41.8 Å². The second-order valence-corrected chi connectivity index (χ2v) is 7.81. The second kappa shape index (κ2) is 6.48.